The molecule has 0 fully saturated rings. The van der Waals surface area contributed by atoms with Crippen LogP contribution in [-0.4, -0.2) is 0 Å². The van der Waals surface area contributed by atoms with Crippen molar-refractivity contribution in [2.45, 2.75) is 12.5 Å². The number of halogens is 3. The first-order valence-electron chi connectivity index (χ1n) is 5.00. The number of benzene rings is 1. The molecule has 0 aliphatic carbocycles. The first-order valence-corrected chi connectivity index (χ1v) is 7.47. The van der Waals surface area contributed by atoms with Gasteiger partial charge in [-0.2, -0.15) is 0 Å². The topological polar surface area (TPSA) is 26.0 Å². The zero-order valence-electron chi connectivity index (χ0n) is 8.79. The summed E-state index contributed by atoms with van der Waals surface area (Å²) in [6, 6.07) is 6.91. The minimum Gasteiger partial charge on any atom is -0.323 e. The normalized spacial score (nSPS) is 12.7. The van der Waals surface area contributed by atoms with E-state index in [-0.39, 0.29) is 11.9 Å². The molecular formula is C12H10Br2FNS. The summed E-state index contributed by atoms with van der Waals surface area (Å²) < 4.78 is 14.6. The van der Waals surface area contributed by atoms with E-state index in [1.807, 2.05) is 11.4 Å². The van der Waals surface area contributed by atoms with Gasteiger partial charge in [0.25, 0.3) is 0 Å². The Bertz CT molecular complexity index is 527. The fourth-order valence-electron chi connectivity index (χ4n) is 1.58. The Kier molecular flexibility index (Phi) is 4.36. The van der Waals surface area contributed by atoms with Crippen LogP contribution in [0.15, 0.2) is 38.6 Å². The second-order valence-corrected chi connectivity index (χ2v) is 6.35. The van der Waals surface area contributed by atoms with Crippen molar-refractivity contribution < 1.29 is 4.39 Å². The van der Waals surface area contributed by atoms with Crippen LogP contribution in [0.5, 0.6) is 0 Å². The van der Waals surface area contributed by atoms with Crippen molar-refractivity contribution in [2.24, 2.45) is 5.73 Å². The molecular weight excluding hydrogens is 369 g/mol. The number of rotatable bonds is 3. The second kappa shape index (κ2) is 5.61. The van der Waals surface area contributed by atoms with Gasteiger partial charge >= 0.3 is 0 Å². The molecule has 0 saturated carbocycles. The highest BCUT2D eigenvalue weighted by molar-refractivity contribution is 9.10. The van der Waals surface area contributed by atoms with Gasteiger partial charge < -0.3 is 5.73 Å². The van der Waals surface area contributed by atoms with Crippen LogP contribution in [0, 0.1) is 5.82 Å². The lowest BCUT2D eigenvalue weighted by Gasteiger charge is -2.11. The van der Waals surface area contributed by atoms with Crippen molar-refractivity contribution >= 4 is 43.2 Å². The van der Waals surface area contributed by atoms with Gasteiger partial charge in [0, 0.05) is 15.4 Å². The monoisotopic (exact) mass is 377 g/mol. The van der Waals surface area contributed by atoms with Gasteiger partial charge in [-0.15, -0.1) is 11.3 Å². The molecule has 90 valence electrons. The Morgan fingerprint density at radius 2 is 2.00 bits per heavy atom. The molecule has 1 aromatic heterocycles. The quantitative estimate of drug-likeness (QED) is 0.826. The van der Waals surface area contributed by atoms with Crippen molar-refractivity contribution in [3.05, 3.63) is 54.8 Å². The van der Waals surface area contributed by atoms with Crippen LogP contribution in [0.2, 0.25) is 0 Å². The fourth-order valence-corrected chi connectivity index (χ4v) is 3.68. The van der Waals surface area contributed by atoms with E-state index in [1.165, 1.54) is 6.07 Å². The third-order valence-electron chi connectivity index (χ3n) is 2.42. The van der Waals surface area contributed by atoms with E-state index in [4.69, 9.17) is 5.73 Å². The standard InChI is InChI=1S/C12H10Br2FNS/c13-8-3-4-17-12(8)11(16)6-7-1-2-10(15)9(14)5-7/h1-5,11H,6,16H2. The van der Waals surface area contributed by atoms with Crippen LogP contribution in [0.1, 0.15) is 16.5 Å². The first kappa shape index (κ1) is 13.2. The predicted octanol–water partition coefficient (Wildman–Crippen LogP) is 4.65. The summed E-state index contributed by atoms with van der Waals surface area (Å²) in [7, 11) is 0. The highest BCUT2D eigenvalue weighted by Gasteiger charge is 2.12. The molecule has 1 aromatic carbocycles. The highest BCUT2D eigenvalue weighted by atomic mass is 79.9. The van der Waals surface area contributed by atoms with Gasteiger partial charge in [-0.25, -0.2) is 4.39 Å². The van der Waals surface area contributed by atoms with Crippen molar-refractivity contribution in [3.63, 3.8) is 0 Å². The fraction of sp³-hybridized carbons (Fsp3) is 0.167. The van der Waals surface area contributed by atoms with Gasteiger partial charge in [-0.3, -0.25) is 0 Å². The third-order valence-corrected chi connectivity index (χ3v) is 5.03. The summed E-state index contributed by atoms with van der Waals surface area (Å²) in [5.41, 5.74) is 7.15. The minimum atomic E-state index is -0.250. The van der Waals surface area contributed by atoms with Crippen LogP contribution in [-0.2, 0) is 6.42 Å². The molecule has 0 saturated heterocycles. The van der Waals surface area contributed by atoms with Gasteiger partial charge in [-0.1, -0.05) is 6.07 Å². The lowest BCUT2D eigenvalue weighted by Crippen LogP contribution is -2.12. The van der Waals surface area contributed by atoms with E-state index in [2.05, 4.69) is 31.9 Å². The summed E-state index contributed by atoms with van der Waals surface area (Å²) in [6.45, 7) is 0. The summed E-state index contributed by atoms with van der Waals surface area (Å²) in [6.07, 6.45) is 0.692. The maximum atomic E-state index is 13.1. The summed E-state index contributed by atoms with van der Waals surface area (Å²) >= 11 is 8.27. The Morgan fingerprint density at radius 3 is 2.59 bits per heavy atom. The number of thiophene rings is 1. The Morgan fingerprint density at radius 1 is 1.24 bits per heavy atom. The van der Waals surface area contributed by atoms with Gasteiger partial charge in [0.15, 0.2) is 0 Å². The Hall–Kier alpha value is -0.230. The van der Waals surface area contributed by atoms with E-state index >= 15 is 0 Å². The molecule has 0 bridgehead atoms. The average molecular weight is 379 g/mol. The summed E-state index contributed by atoms with van der Waals surface area (Å²) in [5, 5.41) is 2.00. The molecule has 1 unspecified atom stereocenters. The van der Waals surface area contributed by atoms with E-state index in [1.54, 1.807) is 23.5 Å². The number of hydrogen-bond acceptors (Lipinski definition) is 2. The van der Waals surface area contributed by atoms with E-state index < -0.39 is 0 Å². The van der Waals surface area contributed by atoms with Crippen molar-refractivity contribution in [3.8, 4) is 0 Å². The molecule has 0 amide bonds. The third kappa shape index (κ3) is 3.16. The molecule has 5 heteroatoms. The predicted molar refractivity (Wildman–Crippen MR) is 76.8 cm³/mol. The molecule has 0 aliphatic rings. The van der Waals surface area contributed by atoms with E-state index in [0.29, 0.717) is 10.9 Å². The zero-order valence-corrected chi connectivity index (χ0v) is 12.8. The molecule has 2 rings (SSSR count). The van der Waals surface area contributed by atoms with Crippen molar-refractivity contribution in [1.29, 1.82) is 0 Å². The molecule has 1 nitrogen and oxygen atoms in total. The Balaban J connectivity index is 2.16. The van der Waals surface area contributed by atoms with Crippen LogP contribution in [0.3, 0.4) is 0 Å². The van der Waals surface area contributed by atoms with Gasteiger partial charge in [-0.05, 0) is 67.4 Å². The molecule has 17 heavy (non-hydrogen) atoms. The lowest BCUT2D eigenvalue weighted by atomic mass is 10.1. The number of hydrogen-bond donors (Lipinski definition) is 1. The van der Waals surface area contributed by atoms with Crippen molar-refractivity contribution in [2.75, 3.05) is 0 Å². The molecule has 0 radical (unpaired) electrons. The van der Waals surface area contributed by atoms with Gasteiger partial charge in [0.1, 0.15) is 5.82 Å². The number of nitrogens with two attached hydrogens (primary N) is 1. The molecule has 2 aromatic rings. The largest absolute Gasteiger partial charge is 0.323 e. The molecule has 0 spiro atoms. The van der Waals surface area contributed by atoms with Crippen LogP contribution < -0.4 is 5.73 Å². The molecule has 0 aliphatic heterocycles. The van der Waals surface area contributed by atoms with Crippen LogP contribution >= 0.6 is 43.2 Å². The van der Waals surface area contributed by atoms with Gasteiger partial charge in [0.2, 0.25) is 0 Å². The minimum absolute atomic E-state index is 0.0678. The second-order valence-electron chi connectivity index (χ2n) is 3.69. The van der Waals surface area contributed by atoms with Gasteiger partial charge in [0.05, 0.1) is 4.47 Å². The molecule has 1 heterocycles. The maximum Gasteiger partial charge on any atom is 0.137 e. The van der Waals surface area contributed by atoms with E-state index in [9.17, 15) is 4.39 Å². The Labute approximate surface area is 120 Å². The first-order chi connectivity index (χ1) is 8.08. The van der Waals surface area contributed by atoms with E-state index in [0.717, 1.165) is 14.9 Å². The molecule has 1 atom stereocenters. The summed E-state index contributed by atoms with van der Waals surface area (Å²) in [4.78, 5) is 1.12. The molecule has 2 N–H and O–H groups in total. The summed E-state index contributed by atoms with van der Waals surface area (Å²) in [5.74, 6) is -0.250. The maximum absolute atomic E-state index is 13.1. The highest BCUT2D eigenvalue weighted by Crippen LogP contribution is 2.30. The SMILES string of the molecule is NC(Cc1ccc(F)c(Br)c1)c1sccc1Br. The van der Waals surface area contributed by atoms with Crippen LogP contribution in [0.4, 0.5) is 4.39 Å². The zero-order chi connectivity index (χ0) is 12.4. The smallest absolute Gasteiger partial charge is 0.137 e. The lowest BCUT2D eigenvalue weighted by molar-refractivity contribution is 0.619. The van der Waals surface area contributed by atoms with Crippen LogP contribution in [0.25, 0.3) is 0 Å². The van der Waals surface area contributed by atoms with Crippen molar-refractivity contribution in [1.82, 2.24) is 0 Å². The average Bonchev–Trinajstić information content (AvgIpc) is 2.70.